The summed E-state index contributed by atoms with van der Waals surface area (Å²) in [6, 6.07) is 15.1. The van der Waals surface area contributed by atoms with Crippen LogP contribution in [0.1, 0.15) is 10.4 Å². The Kier molecular flexibility index (Phi) is 3.51. The minimum absolute atomic E-state index is 0.00819. The Morgan fingerprint density at radius 1 is 1.14 bits per heavy atom. The summed E-state index contributed by atoms with van der Waals surface area (Å²) in [5.74, 6) is -0.00819. The molecular formula is C16H14BrN3O. The topological polar surface area (TPSA) is 50.8 Å². The fourth-order valence-corrected chi connectivity index (χ4v) is 2.84. The molecule has 0 atom stereocenters. The fraction of sp³-hybridized carbons (Fsp3) is 0.125. The summed E-state index contributed by atoms with van der Waals surface area (Å²) < 4.78 is 4.39. The van der Waals surface area contributed by atoms with E-state index in [1.807, 2.05) is 43.4 Å². The lowest BCUT2D eigenvalue weighted by Gasteiger charge is -2.04. The second-order valence-electron chi connectivity index (χ2n) is 4.89. The van der Waals surface area contributed by atoms with Gasteiger partial charge in [0, 0.05) is 17.1 Å². The Morgan fingerprint density at radius 3 is 2.57 bits per heavy atom. The van der Waals surface area contributed by atoms with Crippen molar-refractivity contribution in [3.63, 3.8) is 0 Å². The van der Waals surface area contributed by atoms with Crippen LogP contribution in [-0.4, -0.2) is 14.9 Å². The van der Waals surface area contributed by atoms with Crippen LogP contribution >= 0.6 is 15.9 Å². The summed E-state index contributed by atoms with van der Waals surface area (Å²) in [5, 5.41) is 8.19. The van der Waals surface area contributed by atoms with Gasteiger partial charge in [0.1, 0.15) is 0 Å². The van der Waals surface area contributed by atoms with Crippen LogP contribution in [-0.2, 0) is 13.6 Å². The van der Waals surface area contributed by atoms with Gasteiger partial charge in [-0.25, -0.2) is 0 Å². The summed E-state index contributed by atoms with van der Waals surface area (Å²) in [5.41, 5.74) is 2.81. The largest absolute Gasteiger partial charge is 0.313 e. The van der Waals surface area contributed by atoms with Crippen LogP contribution in [0.5, 0.6) is 0 Å². The number of carbonyl (C=O) groups excluding carboxylic acids is 1. The molecule has 0 aliphatic rings. The molecular weight excluding hydrogens is 330 g/mol. The maximum atomic E-state index is 12.4. The number of Topliss-reactive ketones (excluding diaryl/α,β-unsaturated/α-hetero) is 1. The van der Waals surface area contributed by atoms with Crippen molar-refractivity contribution >= 4 is 32.7 Å². The molecule has 1 N–H and O–H groups in total. The first kappa shape index (κ1) is 13.8. The van der Waals surface area contributed by atoms with Crippen LogP contribution in [0, 0.1) is 5.41 Å². The Bertz CT molecular complexity index is 892. The average Bonchev–Trinajstić information content (AvgIpc) is 2.73. The second-order valence-corrected chi connectivity index (χ2v) is 5.81. The van der Waals surface area contributed by atoms with E-state index in [9.17, 15) is 4.79 Å². The van der Waals surface area contributed by atoms with Crippen molar-refractivity contribution in [2.75, 3.05) is 0 Å². The molecule has 0 radical (unpaired) electrons. The zero-order valence-electron chi connectivity index (χ0n) is 11.5. The predicted molar refractivity (Wildman–Crippen MR) is 85.2 cm³/mol. The normalized spacial score (nSPS) is 11.0. The van der Waals surface area contributed by atoms with Gasteiger partial charge in [0.05, 0.1) is 17.6 Å². The van der Waals surface area contributed by atoms with E-state index >= 15 is 0 Å². The monoisotopic (exact) mass is 343 g/mol. The van der Waals surface area contributed by atoms with Gasteiger partial charge in [-0.3, -0.25) is 10.2 Å². The number of ketones is 1. The Labute approximate surface area is 130 Å². The smallest absolute Gasteiger partial charge is 0.203 e. The molecule has 0 spiro atoms. The zero-order chi connectivity index (χ0) is 15.0. The number of halogens is 1. The number of imidazole rings is 1. The van der Waals surface area contributed by atoms with Gasteiger partial charge in [-0.1, -0.05) is 40.2 Å². The van der Waals surface area contributed by atoms with Crippen LogP contribution in [0.15, 0.2) is 53.0 Å². The molecule has 0 fully saturated rings. The first-order chi connectivity index (χ1) is 10.1. The predicted octanol–water partition coefficient (Wildman–Crippen LogP) is 3.10. The number of benzene rings is 2. The molecule has 106 valence electrons. The van der Waals surface area contributed by atoms with Crippen molar-refractivity contribution in [1.29, 1.82) is 5.41 Å². The Balaban J connectivity index is 2.05. The van der Waals surface area contributed by atoms with Gasteiger partial charge < -0.3 is 9.13 Å². The Morgan fingerprint density at radius 2 is 1.86 bits per heavy atom. The highest BCUT2D eigenvalue weighted by molar-refractivity contribution is 9.10. The van der Waals surface area contributed by atoms with Crippen molar-refractivity contribution in [2.24, 2.45) is 7.05 Å². The first-order valence-electron chi connectivity index (χ1n) is 6.55. The number of fused-ring (bicyclic) bond motifs is 1. The second kappa shape index (κ2) is 5.33. The summed E-state index contributed by atoms with van der Waals surface area (Å²) in [6.45, 7) is 0.163. The number of rotatable bonds is 3. The van der Waals surface area contributed by atoms with E-state index in [1.54, 1.807) is 21.3 Å². The molecule has 3 rings (SSSR count). The maximum absolute atomic E-state index is 12.4. The standard InChI is InChI=1S/C16H14BrN3O/c1-19-13-7-2-3-8-14(13)20(16(19)18)10-15(21)11-5-4-6-12(17)9-11/h2-9,18H,10H2,1H3. The molecule has 0 aliphatic heterocycles. The minimum Gasteiger partial charge on any atom is -0.313 e. The molecule has 1 heterocycles. The molecule has 0 bridgehead atoms. The minimum atomic E-state index is -0.00819. The third-order valence-electron chi connectivity index (χ3n) is 3.56. The van der Waals surface area contributed by atoms with Crippen molar-refractivity contribution in [2.45, 2.75) is 6.54 Å². The molecule has 0 saturated carbocycles. The van der Waals surface area contributed by atoms with Gasteiger partial charge in [-0.15, -0.1) is 0 Å². The van der Waals surface area contributed by atoms with Crippen LogP contribution in [0.2, 0.25) is 0 Å². The molecule has 3 aromatic rings. The van der Waals surface area contributed by atoms with Crippen LogP contribution in [0.25, 0.3) is 11.0 Å². The van der Waals surface area contributed by atoms with E-state index < -0.39 is 0 Å². The lowest BCUT2D eigenvalue weighted by atomic mass is 10.1. The molecule has 0 aliphatic carbocycles. The van der Waals surface area contributed by atoms with Gasteiger partial charge in [-0.2, -0.15) is 0 Å². The van der Waals surface area contributed by atoms with E-state index in [0.717, 1.165) is 15.5 Å². The SMILES string of the molecule is Cn1c(=N)n(CC(=O)c2cccc(Br)c2)c2ccccc21. The number of hydrogen-bond donors (Lipinski definition) is 1. The average molecular weight is 344 g/mol. The van der Waals surface area contributed by atoms with Crippen molar-refractivity contribution < 1.29 is 4.79 Å². The quantitative estimate of drug-likeness (QED) is 0.730. The zero-order valence-corrected chi connectivity index (χ0v) is 13.1. The first-order valence-corrected chi connectivity index (χ1v) is 7.35. The number of hydrogen-bond acceptors (Lipinski definition) is 2. The van der Waals surface area contributed by atoms with Gasteiger partial charge >= 0.3 is 0 Å². The molecule has 4 nitrogen and oxygen atoms in total. The number of nitrogens with zero attached hydrogens (tertiary/aromatic N) is 2. The number of carbonyl (C=O) groups is 1. The van der Waals surface area contributed by atoms with E-state index in [0.29, 0.717) is 11.2 Å². The van der Waals surface area contributed by atoms with Gasteiger partial charge in [-0.05, 0) is 24.3 Å². The van der Waals surface area contributed by atoms with Gasteiger partial charge in [0.15, 0.2) is 5.78 Å². The summed E-state index contributed by atoms with van der Waals surface area (Å²) in [4.78, 5) is 12.4. The lowest BCUT2D eigenvalue weighted by molar-refractivity contribution is 0.0971. The number of aromatic nitrogens is 2. The van der Waals surface area contributed by atoms with E-state index in [2.05, 4.69) is 15.9 Å². The molecule has 2 aromatic carbocycles. The molecule has 21 heavy (non-hydrogen) atoms. The lowest BCUT2D eigenvalue weighted by Crippen LogP contribution is -2.25. The summed E-state index contributed by atoms with van der Waals surface area (Å²) >= 11 is 3.37. The van der Waals surface area contributed by atoms with E-state index in [-0.39, 0.29) is 12.3 Å². The van der Waals surface area contributed by atoms with Crippen LogP contribution < -0.4 is 5.62 Å². The molecule has 0 unspecified atom stereocenters. The summed E-state index contributed by atoms with van der Waals surface area (Å²) in [6.07, 6.45) is 0. The van der Waals surface area contributed by atoms with Crippen LogP contribution in [0.3, 0.4) is 0 Å². The molecule has 5 heteroatoms. The highest BCUT2D eigenvalue weighted by Crippen LogP contribution is 2.15. The Hall–Kier alpha value is -2.14. The highest BCUT2D eigenvalue weighted by atomic mass is 79.9. The van der Waals surface area contributed by atoms with Crippen LogP contribution in [0.4, 0.5) is 0 Å². The van der Waals surface area contributed by atoms with Gasteiger partial charge in [0.25, 0.3) is 0 Å². The third-order valence-corrected chi connectivity index (χ3v) is 4.05. The molecule has 1 aromatic heterocycles. The fourth-order valence-electron chi connectivity index (χ4n) is 2.44. The van der Waals surface area contributed by atoms with E-state index in [1.165, 1.54) is 0 Å². The molecule has 0 amide bonds. The van der Waals surface area contributed by atoms with Crippen molar-refractivity contribution in [3.05, 3.63) is 64.2 Å². The third kappa shape index (κ3) is 2.45. The van der Waals surface area contributed by atoms with Crippen molar-refractivity contribution in [3.8, 4) is 0 Å². The van der Waals surface area contributed by atoms with Crippen molar-refractivity contribution in [1.82, 2.24) is 9.13 Å². The van der Waals surface area contributed by atoms with Gasteiger partial charge in [0.2, 0.25) is 5.62 Å². The highest BCUT2D eigenvalue weighted by Gasteiger charge is 2.12. The summed E-state index contributed by atoms with van der Waals surface area (Å²) in [7, 11) is 1.84. The maximum Gasteiger partial charge on any atom is 0.203 e. The number of para-hydroxylation sites is 2. The number of nitrogens with one attached hydrogen (secondary N) is 1. The number of aryl methyl sites for hydroxylation is 1. The van der Waals surface area contributed by atoms with E-state index in [4.69, 9.17) is 5.41 Å². The molecule has 0 saturated heterocycles.